The highest BCUT2D eigenvalue weighted by atomic mass is 32.2. The Morgan fingerprint density at radius 1 is 1.22 bits per heavy atom. The number of hydrogen-bond acceptors (Lipinski definition) is 4. The van der Waals surface area contributed by atoms with Crippen molar-refractivity contribution in [2.45, 2.75) is 20.1 Å². The minimum absolute atomic E-state index is 0.601. The van der Waals surface area contributed by atoms with Crippen LogP contribution in [0.1, 0.15) is 18.1 Å². The van der Waals surface area contributed by atoms with Gasteiger partial charge < -0.3 is 20.1 Å². The second-order valence-electron chi connectivity index (χ2n) is 5.34. The fourth-order valence-electron chi connectivity index (χ4n) is 2.33. The summed E-state index contributed by atoms with van der Waals surface area (Å²) in [7, 11) is 0. The van der Waals surface area contributed by atoms with Crippen molar-refractivity contribution < 1.29 is 9.47 Å². The first-order valence-corrected chi connectivity index (χ1v) is 9.31. The van der Waals surface area contributed by atoms with E-state index in [0.29, 0.717) is 32.3 Å². The van der Waals surface area contributed by atoms with E-state index in [4.69, 9.17) is 15.2 Å². The third kappa shape index (κ3) is 6.81. The Kier molecular flexibility index (Phi) is 8.28. The van der Waals surface area contributed by atoms with Crippen LogP contribution in [0, 0.1) is 0 Å². The first kappa shape index (κ1) is 18.1. The van der Waals surface area contributed by atoms with Crippen molar-refractivity contribution in [3.63, 3.8) is 0 Å². The van der Waals surface area contributed by atoms with Gasteiger partial charge in [0.15, 0.2) is 5.96 Å². The van der Waals surface area contributed by atoms with Crippen molar-refractivity contribution in [1.82, 2.24) is 4.90 Å². The molecule has 1 aromatic carbocycles. The predicted octanol–water partition coefficient (Wildman–Crippen LogP) is 2.10. The van der Waals surface area contributed by atoms with Gasteiger partial charge in [-0.2, -0.15) is 11.8 Å². The van der Waals surface area contributed by atoms with Gasteiger partial charge in [0, 0.05) is 31.2 Å². The second-order valence-corrected chi connectivity index (χ2v) is 6.57. The molecule has 0 amide bonds. The van der Waals surface area contributed by atoms with Gasteiger partial charge in [-0.3, -0.25) is 0 Å². The van der Waals surface area contributed by atoms with Crippen LogP contribution in [0.25, 0.3) is 0 Å². The molecule has 1 aromatic rings. The highest BCUT2D eigenvalue weighted by Crippen LogP contribution is 2.10. The maximum absolute atomic E-state index is 6.09. The predicted molar refractivity (Wildman–Crippen MR) is 96.8 cm³/mol. The van der Waals surface area contributed by atoms with Crippen molar-refractivity contribution in [3.05, 3.63) is 35.4 Å². The van der Waals surface area contributed by atoms with E-state index < -0.39 is 0 Å². The van der Waals surface area contributed by atoms with E-state index in [1.54, 1.807) is 0 Å². The van der Waals surface area contributed by atoms with E-state index in [2.05, 4.69) is 28.1 Å². The lowest BCUT2D eigenvalue weighted by molar-refractivity contribution is 0.0453. The minimum atomic E-state index is 0.601. The molecule has 1 saturated heterocycles. The molecule has 128 valence electrons. The van der Waals surface area contributed by atoms with Crippen molar-refractivity contribution in [3.8, 4) is 0 Å². The van der Waals surface area contributed by atoms with E-state index in [1.165, 1.54) is 0 Å². The molecule has 1 aliphatic heterocycles. The van der Waals surface area contributed by atoms with Crippen LogP contribution in [0.3, 0.4) is 0 Å². The molecule has 0 unspecified atom stereocenters. The number of guanidine groups is 1. The Morgan fingerprint density at radius 3 is 2.74 bits per heavy atom. The van der Waals surface area contributed by atoms with E-state index in [9.17, 15) is 0 Å². The fraction of sp³-hybridized carbons (Fsp3) is 0.588. The largest absolute Gasteiger partial charge is 0.379 e. The summed E-state index contributed by atoms with van der Waals surface area (Å²) in [5.74, 6) is 2.92. The third-order valence-electron chi connectivity index (χ3n) is 3.59. The first-order chi connectivity index (χ1) is 11.3. The molecule has 1 aliphatic rings. The van der Waals surface area contributed by atoms with Crippen molar-refractivity contribution >= 4 is 17.7 Å². The summed E-state index contributed by atoms with van der Waals surface area (Å²) in [4.78, 5) is 6.69. The summed E-state index contributed by atoms with van der Waals surface area (Å²) in [6.45, 7) is 7.18. The molecule has 5 nitrogen and oxygen atoms in total. The summed E-state index contributed by atoms with van der Waals surface area (Å²) < 4.78 is 10.9. The Balaban J connectivity index is 1.79. The standard InChI is InChI=1S/C17H27N3O2S/c1-2-21-8-9-22-14-16-5-3-4-15(12-16)13-19-17(18)20-6-10-23-11-7-20/h3-5,12H,2,6-11,13-14H2,1H3,(H2,18,19). The monoisotopic (exact) mass is 337 g/mol. The number of rotatable bonds is 8. The molecule has 0 saturated carbocycles. The lowest BCUT2D eigenvalue weighted by Gasteiger charge is -2.27. The number of ether oxygens (including phenoxy) is 2. The van der Waals surface area contributed by atoms with E-state index in [1.807, 2.05) is 24.8 Å². The van der Waals surface area contributed by atoms with Crippen LogP contribution in [-0.2, 0) is 22.6 Å². The van der Waals surface area contributed by atoms with Gasteiger partial charge in [-0.05, 0) is 18.1 Å². The number of aliphatic imine (C=N–C) groups is 1. The lowest BCUT2D eigenvalue weighted by Crippen LogP contribution is -2.42. The molecule has 1 heterocycles. The molecule has 0 bridgehead atoms. The van der Waals surface area contributed by atoms with Crippen molar-refractivity contribution in [2.75, 3.05) is 44.4 Å². The van der Waals surface area contributed by atoms with Crippen molar-refractivity contribution in [1.29, 1.82) is 0 Å². The molecule has 6 heteroatoms. The highest BCUT2D eigenvalue weighted by Gasteiger charge is 2.11. The molecule has 1 fully saturated rings. The van der Waals surface area contributed by atoms with E-state index in [0.717, 1.165) is 42.3 Å². The highest BCUT2D eigenvalue weighted by molar-refractivity contribution is 7.99. The molecule has 0 atom stereocenters. The van der Waals surface area contributed by atoms with Crippen LogP contribution in [0.15, 0.2) is 29.3 Å². The zero-order valence-electron chi connectivity index (χ0n) is 13.9. The van der Waals surface area contributed by atoms with Crippen LogP contribution >= 0.6 is 11.8 Å². The topological polar surface area (TPSA) is 60.1 Å². The molecular weight excluding hydrogens is 310 g/mol. The molecule has 0 aliphatic carbocycles. The van der Waals surface area contributed by atoms with Gasteiger partial charge in [-0.25, -0.2) is 4.99 Å². The average Bonchev–Trinajstić information content (AvgIpc) is 2.60. The molecule has 2 N–H and O–H groups in total. The number of nitrogens with zero attached hydrogens (tertiary/aromatic N) is 2. The third-order valence-corrected chi connectivity index (χ3v) is 4.54. The van der Waals surface area contributed by atoms with Gasteiger partial charge >= 0.3 is 0 Å². The van der Waals surface area contributed by atoms with Crippen molar-refractivity contribution in [2.24, 2.45) is 10.7 Å². The van der Waals surface area contributed by atoms with Crippen LogP contribution in [-0.4, -0.2) is 55.3 Å². The summed E-state index contributed by atoms with van der Waals surface area (Å²) in [5, 5.41) is 0. The summed E-state index contributed by atoms with van der Waals surface area (Å²) >= 11 is 1.97. The van der Waals surface area contributed by atoms with E-state index >= 15 is 0 Å². The lowest BCUT2D eigenvalue weighted by atomic mass is 10.1. The molecular formula is C17H27N3O2S. The van der Waals surface area contributed by atoms with Crippen LogP contribution in [0.2, 0.25) is 0 Å². The quantitative estimate of drug-likeness (QED) is 0.447. The summed E-state index contributed by atoms with van der Waals surface area (Å²) in [6, 6.07) is 8.31. The van der Waals surface area contributed by atoms with Gasteiger partial charge in [0.25, 0.3) is 0 Å². The SMILES string of the molecule is CCOCCOCc1cccc(CN=C(N)N2CCSCC2)c1. The molecule has 0 aromatic heterocycles. The number of nitrogens with two attached hydrogens (primary N) is 1. The van der Waals surface area contributed by atoms with Gasteiger partial charge in [-0.1, -0.05) is 24.3 Å². The Labute approximate surface area is 143 Å². The normalized spacial score (nSPS) is 15.9. The number of thioether (sulfide) groups is 1. The Hall–Kier alpha value is -1.24. The maximum atomic E-state index is 6.09. The van der Waals surface area contributed by atoms with E-state index in [-0.39, 0.29) is 0 Å². The minimum Gasteiger partial charge on any atom is -0.379 e. The van der Waals surface area contributed by atoms with Gasteiger partial charge in [0.05, 0.1) is 26.4 Å². The van der Waals surface area contributed by atoms with Crippen LogP contribution < -0.4 is 5.73 Å². The van der Waals surface area contributed by atoms with Crippen LogP contribution in [0.5, 0.6) is 0 Å². The van der Waals surface area contributed by atoms with Crippen LogP contribution in [0.4, 0.5) is 0 Å². The molecule has 0 radical (unpaired) electrons. The molecule has 23 heavy (non-hydrogen) atoms. The first-order valence-electron chi connectivity index (χ1n) is 8.15. The molecule has 2 rings (SSSR count). The summed E-state index contributed by atoms with van der Waals surface area (Å²) in [5.41, 5.74) is 8.40. The average molecular weight is 337 g/mol. The smallest absolute Gasteiger partial charge is 0.191 e. The summed E-state index contributed by atoms with van der Waals surface area (Å²) in [6.07, 6.45) is 0. The zero-order chi connectivity index (χ0) is 16.3. The zero-order valence-corrected chi connectivity index (χ0v) is 14.7. The fourth-order valence-corrected chi connectivity index (χ4v) is 3.24. The van der Waals surface area contributed by atoms with Gasteiger partial charge in [0.1, 0.15) is 0 Å². The maximum Gasteiger partial charge on any atom is 0.191 e. The number of benzene rings is 1. The molecule has 0 spiro atoms. The second kappa shape index (κ2) is 10.5. The van der Waals surface area contributed by atoms with Gasteiger partial charge in [-0.15, -0.1) is 0 Å². The Bertz CT molecular complexity index is 490. The van der Waals surface area contributed by atoms with Gasteiger partial charge in [0.2, 0.25) is 0 Å². The number of hydrogen-bond donors (Lipinski definition) is 1. The Morgan fingerprint density at radius 2 is 1.96 bits per heavy atom.